The van der Waals surface area contributed by atoms with E-state index in [2.05, 4.69) is 9.97 Å². The number of hydrogen-bond donors (Lipinski definition) is 2. The average molecular weight is 284 g/mol. The lowest BCUT2D eigenvalue weighted by atomic mass is 10.1. The summed E-state index contributed by atoms with van der Waals surface area (Å²) in [6, 6.07) is 9.40. The van der Waals surface area contributed by atoms with E-state index >= 15 is 0 Å². The number of nitrogens with one attached hydrogen (secondary N) is 1. The van der Waals surface area contributed by atoms with Crippen molar-refractivity contribution in [1.82, 2.24) is 9.97 Å². The van der Waals surface area contributed by atoms with Crippen LogP contribution in [-0.4, -0.2) is 15.8 Å². The number of para-hydroxylation sites is 1. The topological polar surface area (TPSA) is 88.8 Å². The quantitative estimate of drug-likeness (QED) is 0.570. The fourth-order valence-electron chi connectivity index (χ4n) is 1.89. The summed E-state index contributed by atoms with van der Waals surface area (Å²) < 4.78 is 5.31. The van der Waals surface area contributed by atoms with Crippen LogP contribution < -0.4 is 5.73 Å². The van der Waals surface area contributed by atoms with Gasteiger partial charge in [-0.15, -0.1) is 0 Å². The summed E-state index contributed by atoms with van der Waals surface area (Å²) >= 11 is 1.31. The van der Waals surface area contributed by atoms with Gasteiger partial charge >= 0.3 is 0 Å². The Balaban J connectivity index is 2.10. The van der Waals surface area contributed by atoms with Crippen molar-refractivity contribution >= 4 is 28.5 Å². The fourth-order valence-corrected chi connectivity index (χ4v) is 2.68. The summed E-state index contributed by atoms with van der Waals surface area (Å²) in [5, 5.41) is 9.80. The molecule has 6 heteroatoms. The van der Waals surface area contributed by atoms with Gasteiger partial charge in [-0.25, -0.2) is 9.97 Å². The molecule has 20 heavy (non-hydrogen) atoms. The second kappa shape index (κ2) is 4.97. The maximum Gasteiger partial charge on any atom is 0.262 e. The molecule has 2 aromatic heterocycles. The smallest absolute Gasteiger partial charge is 0.262 e. The molecule has 0 aliphatic heterocycles. The van der Waals surface area contributed by atoms with Crippen molar-refractivity contribution in [2.24, 2.45) is 5.73 Å². The largest absolute Gasteiger partial charge is 0.439 e. The third-order valence-electron chi connectivity index (χ3n) is 2.77. The van der Waals surface area contributed by atoms with Gasteiger partial charge in [0, 0.05) is 10.9 Å². The molecule has 0 fully saturated rings. The van der Waals surface area contributed by atoms with Crippen molar-refractivity contribution in [1.29, 1.82) is 5.41 Å². The number of aromatic nitrogens is 2. The monoisotopic (exact) mass is 284 g/mol. The number of rotatable bonds is 3. The number of benzene rings is 1. The summed E-state index contributed by atoms with van der Waals surface area (Å²) in [7, 11) is 0. The van der Waals surface area contributed by atoms with E-state index in [0.717, 1.165) is 16.6 Å². The van der Waals surface area contributed by atoms with E-state index in [1.807, 2.05) is 31.2 Å². The number of oxazole rings is 1. The molecule has 5 nitrogen and oxygen atoms in total. The Labute approximate surface area is 119 Å². The van der Waals surface area contributed by atoms with Gasteiger partial charge in [0.2, 0.25) is 0 Å². The number of fused-ring (bicyclic) bond motifs is 1. The summed E-state index contributed by atoms with van der Waals surface area (Å²) in [4.78, 5) is 8.77. The number of hydrogen-bond acceptors (Lipinski definition) is 5. The van der Waals surface area contributed by atoms with Gasteiger partial charge in [0.1, 0.15) is 17.1 Å². The fraction of sp³-hybridized carbons (Fsp3) is 0.0714. The molecule has 0 aliphatic carbocycles. The van der Waals surface area contributed by atoms with Crippen LogP contribution in [0.5, 0.6) is 0 Å². The minimum absolute atomic E-state index is 0.0223. The molecule has 3 aromatic rings. The van der Waals surface area contributed by atoms with E-state index in [4.69, 9.17) is 15.6 Å². The first-order valence-electron chi connectivity index (χ1n) is 5.97. The van der Waals surface area contributed by atoms with Crippen molar-refractivity contribution in [3.8, 4) is 0 Å². The summed E-state index contributed by atoms with van der Waals surface area (Å²) in [5.41, 5.74) is 7.94. The van der Waals surface area contributed by atoms with E-state index in [9.17, 15) is 0 Å². The Morgan fingerprint density at radius 1 is 1.30 bits per heavy atom. The van der Waals surface area contributed by atoms with Gasteiger partial charge in [0.25, 0.3) is 5.22 Å². The van der Waals surface area contributed by atoms with Crippen LogP contribution >= 0.6 is 11.8 Å². The Bertz CT molecular complexity index is 797. The van der Waals surface area contributed by atoms with E-state index in [1.54, 1.807) is 12.3 Å². The summed E-state index contributed by atoms with van der Waals surface area (Å²) in [5.74, 6) is 0.0223. The molecule has 0 saturated heterocycles. The lowest BCUT2D eigenvalue weighted by Crippen LogP contribution is -2.12. The molecular formula is C14H12N4OS. The molecule has 0 radical (unpaired) electrons. The molecule has 0 aliphatic rings. The van der Waals surface area contributed by atoms with Gasteiger partial charge in [0.15, 0.2) is 0 Å². The minimum Gasteiger partial charge on any atom is -0.439 e. The standard InChI is InChI=1S/C14H12N4OS/c1-8-7-19-14(17-8)20-12-6-10(13(15)16)9-4-2-3-5-11(9)18-12/h2-7H,1H3,(H3,15,16). The number of amidine groups is 1. The molecule has 0 bridgehead atoms. The third-order valence-corrected chi connectivity index (χ3v) is 3.55. The Hall–Kier alpha value is -2.34. The van der Waals surface area contributed by atoms with Gasteiger partial charge in [-0.3, -0.25) is 5.41 Å². The molecule has 0 spiro atoms. The molecule has 0 atom stereocenters. The summed E-state index contributed by atoms with van der Waals surface area (Å²) in [6.07, 6.45) is 1.59. The normalized spacial score (nSPS) is 10.8. The highest BCUT2D eigenvalue weighted by atomic mass is 32.2. The van der Waals surface area contributed by atoms with Crippen LogP contribution in [0.4, 0.5) is 0 Å². The Kier molecular flexibility index (Phi) is 3.15. The zero-order valence-corrected chi connectivity index (χ0v) is 11.6. The predicted molar refractivity (Wildman–Crippen MR) is 78.1 cm³/mol. The molecule has 3 rings (SSSR count). The number of aryl methyl sites for hydroxylation is 1. The first-order chi connectivity index (χ1) is 9.63. The van der Waals surface area contributed by atoms with Crippen LogP contribution in [0.2, 0.25) is 0 Å². The number of pyridine rings is 1. The highest BCUT2D eigenvalue weighted by molar-refractivity contribution is 7.99. The first kappa shape index (κ1) is 12.7. The maximum atomic E-state index is 7.70. The molecule has 100 valence electrons. The molecule has 3 N–H and O–H groups in total. The molecule has 0 unspecified atom stereocenters. The number of nitrogens with two attached hydrogens (primary N) is 1. The Morgan fingerprint density at radius 2 is 2.10 bits per heavy atom. The zero-order chi connectivity index (χ0) is 14.1. The molecule has 2 heterocycles. The van der Waals surface area contributed by atoms with Crippen molar-refractivity contribution in [3.63, 3.8) is 0 Å². The average Bonchev–Trinajstić information content (AvgIpc) is 2.83. The second-order valence-electron chi connectivity index (χ2n) is 4.30. The maximum absolute atomic E-state index is 7.70. The van der Waals surface area contributed by atoms with Crippen LogP contribution in [0.25, 0.3) is 10.9 Å². The summed E-state index contributed by atoms with van der Waals surface area (Å²) in [6.45, 7) is 1.86. The number of nitrogen functional groups attached to an aromatic ring is 1. The lowest BCUT2D eigenvalue weighted by Gasteiger charge is -2.06. The van der Waals surface area contributed by atoms with Crippen molar-refractivity contribution < 1.29 is 4.42 Å². The lowest BCUT2D eigenvalue weighted by molar-refractivity contribution is 0.454. The van der Waals surface area contributed by atoms with Gasteiger partial charge in [0.05, 0.1) is 11.2 Å². The van der Waals surface area contributed by atoms with Crippen LogP contribution in [0.3, 0.4) is 0 Å². The van der Waals surface area contributed by atoms with Crippen molar-refractivity contribution in [2.75, 3.05) is 0 Å². The van der Waals surface area contributed by atoms with Gasteiger partial charge in [-0.05, 0) is 30.8 Å². The zero-order valence-electron chi connectivity index (χ0n) is 10.8. The molecular weight excluding hydrogens is 272 g/mol. The highest BCUT2D eigenvalue weighted by Gasteiger charge is 2.11. The predicted octanol–water partition coefficient (Wildman–Crippen LogP) is 2.97. The third kappa shape index (κ3) is 2.37. The van der Waals surface area contributed by atoms with Crippen molar-refractivity contribution in [2.45, 2.75) is 17.2 Å². The van der Waals surface area contributed by atoms with Gasteiger partial charge in [-0.2, -0.15) is 0 Å². The minimum atomic E-state index is 0.0223. The number of nitrogens with zero attached hydrogens (tertiary/aromatic N) is 2. The van der Waals surface area contributed by atoms with E-state index in [-0.39, 0.29) is 5.84 Å². The van der Waals surface area contributed by atoms with Crippen molar-refractivity contribution in [3.05, 3.63) is 47.9 Å². The van der Waals surface area contributed by atoms with Crippen LogP contribution in [0.15, 0.2) is 51.3 Å². The SMILES string of the molecule is Cc1coc(Sc2cc(C(=N)N)c3ccccc3n2)n1. The van der Waals surface area contributed by atoms with E-state index in [1.165, 1.54) is 11.8 Å². The van der Waals surface area contributed by atoms with E-state index < -0.39 is 0 Å². The van der Waals surface area contributed by atoms with Crippen LogP contribution in [-0.2, 0) is 0 Å². The molecule has 0 amide bonds. The second-order valence-corrected chi connectivity index (χ2v) is 5.27. The Morgan fingerprint density at radius 3 is 2.80 bits per heavy atom. The first-order valence-corrected chi connectivity index (χ1v) is 6.79. The van der Waals surface area contributed by atoms with Gasteiger partial charge < -0.3 is 10.2 Å². The molecule has 1 aromatic carbocycles. The van der Waals surface area contributed by atoms with Crippen LogP contribution in [0.1, 0.15) is 11.3 Å². The highest BCUT2D eigenvalue weighted by Crippen LogP contribution is 2.29. The molecule has 0 saturated carbocycles. The van der Waals surface area contributed by atoms with E-state index in [0.29, 0.717) is 15.8 Å². The van der Waals surface area contributed by atoms with Gasteiger partial charge in [-0.1, -0.05) is 18.2 Å². The van der Waals surface area contributed by atoms with Crippen LogP contribution in [0, 0.1) is 12.3 Å².